The van der Waals surface area contributed by atoms with Crippen molar-refractivity contribution in [3.8, 4) is 11.6 Å². The minimum atomic E-state index is -0.561. The van der Waals surface area contributed by atoms with Gasteiger partial charge in [0.2, 0.25) is 0 Å². The zero-order valence-corrected chi connectivity index (χ0v) is 15.4. The fourth-order valence-corrected chi connectivity index (χ4v) is 2.54. The zero-order chi connectivity index (χ0) is 19.1. The average Bonchev–Trinajstić information content (AvgIpc) is 3.20. The Kier molecular flexibility index (Phi) is 6.04. The predicted molar refractivity (Wildman–Crippen MR) is 104 cm³/mol. The standard InChI is InChI=1S/C20H23N5O2/c1-15(27-17-8-4-3-5-9-17)20(26)22-11-10-21-18-14-19(24-16(2)23-18)25-12-6-7-13-25/h3-9,12-15H,10-11H2,1-2H3,(H,22,26)(H,21,23,24). The van der Waals surface area contributed by atoms with Gasteiger partial charge >= 0.3 is 0 Å². The molecule has 1 atom stereocenters. The average molecular weight is 365 g/mol. The first-order valence-electron chi connectivity index (χ1n) is 8.84. The highest BCUT2D eigenvalue weighted by Gasteiger charge is 2.13. The first-order valence-corrected chi connectivity index (χ1v) is 8.84. The molecule has 1 amide bonds. The van der Waals surface area contributed by atoms with E-state index >= 15 is 0 Å². The van der Waals surface area contributed by atoms with E-state index in [9.17, 15) is 4.79 Å². The van der Waals surface area contributed by atoms with Crippen LogP contribution in [-0.2, 0) is 4.79 Å². The zero-order valence-electron chi connectivity index (χ0n) is 15.4. The largest absolute Gasteiger partial charge is 0.481 e. The quantitative estimate of drug-likeness (QED) is 0.600. The van der Waals surface area contributed by atoms with Gasteiger partial charge in [-0.15, -0.1) is 0 Å². The van der Waals surface area contributed by atoms with E-state index in [1.54, 1.807) is 6.92 Å². The van der Waals surface area contributed by atoms with Crippen LogP contribution in [0.4, 0.5) is 5.82 Å². The van der Waals surface area contributed by atoms with E-state index in [-0.39, 0.29) is 5.91 Å². The lowest BCUT2D eigenvalue weighted by molar-refractivity contribution is -0.127. The molecular formula is C20H23N5O2. The van der Waals surface area contributed by atoms with Crippen molar-refractivity contribution in [2.45, 2.75) is 20.0 Å². The summed E-state index contributed by atoms with van der Waals surface area (Å²) in [6.07, 6.45) is 3.30. The van der Waals surface area contributed by atoms with Gasteiger partial charge < -0.3 is 19.9 Å². The molecule has 0 saturated carbocycles. The number of hydrogen-bond acceptors (Lipinski definition) is 5. The van der Waals surface area contributed by atoms with Crippen molar-refractivity contribution < 1.29 is 9.53 Å². The first kappa shape index (κ1) is 18.4. The van der Waals surface area contributed by atoms with Crippen molar-refractivity contribution >= 4 is 11.7 Å². The predicted octanol–water partition coefficient (Wildman–Crippen LogP) is 2.57. The maximum absolute atomic E-state index is 12.1. The number of amides is 1. The smallest absolute Gasteiger partial charge is 0.260 e. The summed E-state index contributed by atoms with van der Waals surface area (Å²) in [5.74, 6) is 2.70. The highest BCUT2D eigenvalue weighted by Crippen LogP contribution is 2.12. The van der Waals surface area contributed by atoms with Gasteiger partial charge in [0.05, 0.1) is 0 Å². The normalized spacial score (nSPS) is 11.6. The van der Waals surface area contributed by atoms with Crippen LogP contribution in [0.5, 0.6) is 5.75 Å². The highest BCUT2D eigenvalue weighted by molar-refractivity contribution is 5.80. The molecule has 0 saturated heterocycles. The van der Waals surface area contributed by atoms with Crippen molar-refractivity contribution in [2.24, 2.45) is 0 Å². The third kappa shape index (κ3) is 5.31. The van der Waals surface area contributed by atoms with Crippen LogP contribution in [0.3, 0.4) is 0 Å². The summed E-state index contributed by atoms with van der Waals surface area (Å²) >= 11 is 0. The summed E-state index contributed by atoms with van der Waals surface area (Å²) in [6.45, 7) is 4.59. The van der Waals surface area contributed by atoms with Crippen LogP contribution in [0, 0.1) is 6.92 Å². The molecule has 0 aliphatic carbocycles. The number of para-hydroxylation sites is 1. The number of carbonyl (C=O) groups is 1. The Hall–Kier alpha value is -3.35. The number of hydrogen-bond donors (Lipinski definition) is 2. The molecule has 0 fully saturated rings. The van der Waals surface area contributed by atoms with E-state index in [0.29, 0.717) is 30.5 Å². The number of carbonyl (C=O) groups excluding carboxylic acids is 1. The van der Waals surface area contributed by atoms with Gasteiger partial charge in [-0.25, -0.2) is 9.97 Å². The van der Waals surface area contributed by atoms with Crippen molar-refractivity contribution in [3.63, 3.8) is 0 Å². The molecule has 2 heterocycles. The van der Waals surface area contributed by atoms with E-state index in [4.69, 9.17) is 4.74 Å². The third-order valence-corrected chi connectivity index (χ3v) is 3.85. The van der Waals surface area contributed by atoms with Crippen LogP contribution < -0.4 is 15.4 Å². The number of anilines is 1. The van der Waals surface area contributed by atoms with Crippen LogP contribution in [0.25, 0.3) is 5.82 Å². The number of ether oxygens (including phenoxy) is 1. The summed E-state index contributed by atoms with van der Waals surface area (Å²) < 4.78 is 7.53. The van der Waals surface area contributed by atoms with Crippen LogP contribution >= 0.6 is 0 Å². The molecule has 7 heteroatoms. The number of aromatic nitrogens is 3. The molecule has 3 aromatic rings. The van der Waals surface area contributed by atoms with Crippen LogP contribution in [-0.4, -0.2) is 39.6 Å². The number of aryl methyl sites for hydroxylation is 1. The van der Waals surface area contributed by atoms with Crippen molar-refractivity contribution in [2.75, 3.05) is 18.4 Å². The van der Waals surface area contributed by atoms with Crippen molar-refractivity contribution in [1.82, 2.24) is 19.9 Å². The third-order valence-electron chi connectivity index (χ3n) is 3.85. The topological polar surface area (TPSA) is 81.1 Å². The molecule has 1 unspecified atom stereocenters. The fourth-order valence-electron chi connectivity index (χ4n) is 2.54. The fraction of sp³-hybridized carbons (Fsp3) is 0.250. The van der Waals surface area contributed by atoms with Gasteiger partial charge in [0.1, 0.15) is 23.2 Å². The number of nitrogens with one attached hydrogen (secondary N) is 2. The Balaban J connectivity index is 1.46. The van der Waals surface area contributed by atoms with Gasteiger partial charge in [0, 0.05) is 31.5 Å². The SMILES string of the molecule is Cc1nc(NCCNC(=O)C(C)Oc2ccccc2)cc(-n2cccc2)n1. The van der Waals surface area contributed by atoms with Gasteiger partial charge in [-0.2, -0.15) is 0 Å². The molecule has 2 N–H and O–H groups in total. The Morgan fingerprint density at radius 1 is 1.11 bits per heavy atom. The van der Waals surface area contributed by atoms with E-state index in [0.717, 1.165) is 5.82 Å². The van der Waals surface area contributed by atoms with Gasteiger partial charge in [0.15, 0.2) is 6.10 Å². The summed E-state index contributed by atoms with van der Waals surface area (Å²) in [7, 11) is 0. The summed E-state index contributed by atoms with van der Waals surface area (Å²) in [6, 6.07) is 15.1. The lowest BCUT2D eigenvalue weighted by Gasteiger charge is -2.15. The Labute approximate surface area is 158 Å². The Morgan fingerprint density at radius 3 is 2.59 bits per heavy atom. The van der Waals surface area contributed by atoms with E-state index in [1.165, 1.54) is 0 Å². The minimum Gasteiger partial charge on any atom is -0.481 e. The monoisotopic (exact) mass is 365 g/mol. The van der Waals surface area contributed by atoms with E-state index in [2.05, 4.69) is 20.6 Å². The second-order valence-electron chi connectivity index (χ2n) is 6.04. The molecule has 7 nitrogen and oxygen atoms in total. The molecule has 3 rings (SSSR count). The van der Waals surface area contributed by atoms with Crippen molar-refractivity contribution in [1.29, 1.82) is 0 Å². The lowest BCUT2D eigenvalue weighted by atomic mass is 10.3. The minimum absolute atomic E-state index is 0.160. The lowest BCUT2D eigenvalue weighted by Crippen LogP contribution is -2.38. The summed E-state index contributed by atoms with van der Waals surface area (Å²) in [5.41, 5.74) is 0. The van der Waals surface area contributed by atoms with Crippen LogP contribution in [0.15, 0.2) is 60.9 Å². The van der Waals surface area contributed by atoms with Crippen LogP contribution in [0.1, 0.15) is 12.7 Å². The maximum Gasteiger partial charge on any atom is 0.260 e. The van der Waals surface area contributed by atoms with E-state index < -0.39 is 6.10 Å². The van der Waals surface area contributed by atoms with Gasteiger partial charge in [-0.1, -0.05) is 18.2 Å². The molecule has 0 aliphatic rings. The Bertz CT molecular complexity index is 865. The summed E-state index contributed by atoms with van der Waals surface area (Å²) in [4.78, 5) is 20.9. The molecule has 0 bridgehead atoms. The molecule has 0 aliphatic heterocycles. The molecule has 0 radical (unpaired) electrons. The summed E-state index contributed by atoms with van der Waals surface area (Å²) in [5, 5.41) is 6.07. The Morgan fingerprint density at radius 2 is 1.85 bits per heavy atom. The second kappa shape index (κ2) is 8.84. The second-order valence-corrected chi connectivity index (χ2v) is 6.04. The van der Waals surface area contributed by atoms with Gasteiger partial charge in [0.25, 0.3) is 5.91 Å². The van der Waals surface area contributed by atoms with E-state index in [1.807, 2.05) is 72.4 Å². The molecule has 2 aromatic heterocycles. The van der Waals surface area contributed by atoms with Gasteiger partial charge in [-0.3, -0.25) is 4.79 Å². The molecule has 0 spiro atoms. The van der Waals surface area contributed by atoms with Gasteiger partial charge in [-0.05, 0) is 38.1 Å². The maximum atomic E-state index is 12.1. The van der Waals surface area contributed by atoms with Crippen LogP contribution in [0.2, 0.25) is 0 Å². The van der Waals surface area contributed by atoms with Crippen molar-refractivity contribution in [3.05, 3.63) is 66.7 Å². The highest BCUT2D eigenvalue weighted by atomic mass is 16.5. The number of rotatable bonds is 8. The molecule has 140 valence electrons. The number of nitrogens with zero attached hydrogens (tertiary/aromatic N) is 3. The molecule has 27 heavy (non-hydrogen) atoms. The molecule has 1 aromatic carbocycles. The first-order chi connectivity index (χ1) is 13.1. The number of benzene rings is 1. The molecular weight excluding hydrogens is 342 g/mol.